The number of rotatable bonds is 5. The van der Waals surface area contributed by atoms with Crippen LogP contribution in [0.25, 0.3) is 0 Å². The van der Waals surface area contributed by atoms with Crippen LogP contribution in [0.3, 0.4) is 0 Å². The Kier molecular flexibility index (Phi) is 5.08. The van der Waals surface area contributed by atoms with Gasteiger partial charge in [-0.1, -0.05) is 0 Å². The van der Waals surface area contributed by atoms with Crippen LogP contribution in [0.15, 0.2) is 22.8 Å². The van der Waals surface area contributed by atoms with Gasteiger partial charge in [0.25, 0.3) is 11.8 Å². The molecular formula is C19H22N2O4S. The number of thiophene rings is 1. The summed E-state index contributed by atoms with van der Waals surface area (Å²) in [7, 11) is 0. The highest BCUT2D eigenvalue weighted by Crippen LogP contribution is 2.38. The Morgan fingerprint density at radius 3 is 2.88 bits per heavy atom. The number of aryl methyl sites for hydroxylation is 1. The summed E-state index contributed by atoms with van der Waals surface area (Å²) in [5, 5.41) is 6.51. The lowest BCUT2D eigenvalue weighted by molar-refractivity contribution is -0.124. The lowest BCUT2D eigenvalue weighted by Crippen LogP contribution is -2.29. The molecule has 1 aliphatic carbocycles. The molecule has 6 nitrogen and oxygen atoms in total. The fourth-order valence-corrected chi connectivity index (χ4v) is 4.83. The molecule has 2 amide bonds. The molecule has 2 aliphatic rings. The topological polar surface area (TPSA) is 80.6 Å². The maximum Gasteiger partial charge on any atom is 0.254 e. The highest BCUT2D eigenvalue weighted by Gasteiger charge is 2.29. The van der Waals surface area contributed by atoms with Crippen molar-refractivity contribution in [3.63, 3.8) is 0 Å². The number of hydrogen-bond acceptors (Lipinski definition) is 5. The first kappa shape index (κ1) is 17.3. The minimum Gasteiger partial charge on any atom is -0.467 e. The minimum atomic E-state index is -0.409. The molecule has 2 aromatic heterocycles. The summed E-state index contributed by atoms with van der Waals surface area (Å²) < 4.78 is 10.7. The number of anilines is 1. The van der Waals surface area contributed by atoms with E-state index in [4.69, 9.17) is 9.15 Å². The van der Waals surface area contributed by atoms with Gasteiger partial charge in [-0.15, -0.1) is 11.3 Å². The van der Waals surface area contributed by atoms with Crippen LogP contribution < -0.4 is 10.6 Å². The number of hydrogen-bond donors (Lipinski definition) is 2. The van der Waals surface area contributed by atoms with E-state index in [0.29, 0.717) is 29.5 Å². The molecule has 0 bridgehead atoms. The van der Waals surface area contributed by atoms with Gasteiger partial charge in [-0.3, -0.25) is 9.59 Å². The molecule has 2 N–H and O–H groups in total. The van der Waals surface area contributed by atoms with Crippen molar-refractivity contribution in [2.24, 2.45) is 0 Å². The van der Waals surface area contributed by atoms with Crippen LogP contribution in [0.2, 0.25) is 0 Å². The van der Waals surface area contributed by atoms with Crippen molar-refractivity contribution in [1.82, 2.24) is 5.32 Å². The van der Waals surface area contributed by atoms with Crippen LogP contribution >= 0.6 is 11.3 Å². The maximum atomic E-state index is 12.9. The standard InChI is InChI=1S/C19H22N2O4S/c22-17(14-7-4-10-25-14)21-19-16(13-6-1-2-8-15(13)26-19)18(23)20-11-12-5-3-9-24-12/h3,5,9,14H,1-2,4,6-8,10-11H2,(H,20,23)(H,21,22)/t14-/m1/s1. The monoisotopic (exact) mass is 374 g/mol. The fourth-order valence-electron chi connectivity index (χ4n) is 3.54. The zero-order valence-corrected chi connectivity index (χ0v) is 15.3. The number of carbonyl (C=O) groups is 2. The van der Waals surface area contributed by atoms with Gasteiger partial charge >= 0.3 is 0 Å². The molecule has 26 heavy (non-hydrogen) atoms. The number of nitrogens with one attached hydrogen (secondary N) is 2. The quantitative estimate of drug-likeness (QED) is 0.842. The minimum absolute atomic E-state index is 0.152. The van der Waals surface area contributed by atoms with Crippen molar-refractivity contribution in [3.05, 3.63) is 40.2 Å². The lowest BCUT2D eigenvalue weighted by Gasteiger charge is -2.13. The Balaban J connectivity index is 1.55. The summed E-state index contributed by atoms with van der Waals surface area (Å²) in [4.78, 5) is 26.5. The maximum absolute atomic E-state index is 12.9. The van der Waals surface area contributed by atoms with Gasteiger partial charge in [-0.05, 0) is 56.2 Å². The number of furan rings is 1. The molecule has 7 heteroatoms. The highest BCUT2D eigenvalue weighted by molar-refractivity contribution is 7.17. The molecule has 0 unspecified atom stereocenters. The van der Waals surface area contributed by atoms with Gasteiger partial charge in [0.1, 0.15) is 16.9 Å². The Labute approximate surface area is 155 Å². The van der Waals surface area contributed by atoms with Crippen LogP contribution in [0.1, 0.15) is 52.2 Å². The van der Waals surface area contributed by atoms with E-state index in [0.717, 1.165) is 44.1 Å². The second kappa shape index (κ2) is 7.63. The Bertz CT molecular complexity index is 791. The third kappa shape index (κ3) is 3.54. The van der Waals surface area contributed by atoms with Crippen molar-refractivity contribution in [2.45, 2.75) is 51.2 Å². The number of amides is 2. The summed E-state index contributed by atoms with van der Waals surface area (Å²) in [6.07, 6.45) is 6.85. The molecule has 1 aliphatic heterocycles. The van der Waals surface area contributed by atoms with Crippen molar-refractivity contribution >= 4 is 28.2 Å². The highest BCUT2D eigenvalue weighted by atomic mass is 32.1. The largest absolute Gasteiger partial charge is 0.467 e. The summed E-state index contributed by atoms with van der Waals surface area (Å²) in [5.74, 6) is 0.386. The van der Waals surface area contributed by atoms with Gasteiger partial charge in [0.15, 0.2) is 0 Å². The average molecular weight is 374 g/mol. The molecule has 1 saturated heterocycles. The first-order valence-electron chi connectivity index (χ1n) is 9.10. The van der Waals surface area contributed by atoms with Gasteiger partial charge in [-0.2, -0.15) is 0 Å². The van der Waals surface area contributed by atoms with E-state index < -0.39 is 6.10 Å². The molecule has 2 aromatic rings. The van der Waals surface area contributed by atoms with Gasteiger partial charge in [0, 0.05) is 11.5 Å². The van der Waals surface area contributed by atoms with E-state index >= 15 is 0 Å². The zero-order valence-electron chi connectivity index (χ0n) is 14.5. The number of carbonyl (C=O) groups excluding carboxylic acids is 2. The van der Waals surface area contributed by atoms with Crippen molar-refractivity contribution < 1.29 is 18.7 Å². The second-order valence-corrected chi connectivity index (χ2v) is 7.77. The van der Waals surface area contributed by atoms with E-state index in [2.05, 4.69) is 10.6 Å². The van der Waals surface area contributed by atoms with Crippen molar-refractivity contribution in [3.8, 4) is 0 Å². The van der Waals surface area contributed by atoms with Crippen molar-refractivity contribution in [2.75, 3.05) is 11.9 Å². The van der Waals surface area contributed by atoms with Crippen LogP contribution in [-0.2, 0) is 28.9 Å². The summed E-state index contributed by atoms with van der Waals surface area (Å²) in [5.41, 5.74) is 1.70. The van der Waals surface area contributed by atoms with E-state index in [1.165, 1.54) is 16.2 Å². The first-order chi connectivity index (χ1) is 12.7. The molecule has 3 heterocycles. The van der Waals surface area contributed by atoms with E-state index in [1.54, 1.807) is 12.3 Å². The molecule has 138 valence electrons. The van der Waals surface area contributed by atoms with Crippen LogP contribution in [0, 0.1) is 0 Å². The number of ether oxygens (including phenoxy) is 1. The average Bonchev–Trinajstić information content (AvgIpc) is 3.39. The Morgan fingerprint density at radius 2 is 2.12 bits per heavy atom. The summed E-state index contributed by atoms with van der Waals surface area (Å²) in [6.45, 7) is 0.949. The third-order valence-electron chi connectivity index (χ3n) is 4.86. The molecule has 1 fully saturated rings. The predicted octanol–water partition coefficient (Wildman–Crippen LogP) is 3.27. The second-order valence-electron chi connectivity index (χ2n) is 6.67. The van der Waals surface area contributed by atoms with Crippen molar-refractivity contribution in [1.29, 1.82) is 0 Å². The molecule has 4 rings (SSSR count). The third-order valence-corrected chi connectivity index (χ3v) is 6.07. The van der Waals surface area contributed by atoms with Crippen LogP contribution in [0.4, 0.5) is 5.00 Å². The fraction of sp³-hybridized carbons (Fsp3) is 0.474. The molecule has 0 aromatic carbocycles. The lowest BCUT2D eigenvalue weighted by atomic mass is 9.95. The van der Waals surface area contributed by atoms with Gasteiger partial charge in [-0.25, -0.2) is 0 Å². The van der Waals surface area contributed by atoms with Gasteiger partial charge in [0.05, 0.1) is 18.4 Å². The van der Waals surface area contributed by atoms with Gasteiger partial charge in [0.2, 0.25) is 0 Å². The molecule has 1 atom stereocenters. The van der Waals surface area contributed by atoms with E-state index in [9.17, 15) is 9.59 Å². The van der Waals surface area contributed by atoms with Gasteiger partial charge < -0.3 is 19.8 Å². The molecule has 0 radical (unpaired) electrons. The molecule has 0 spiro atoms. The van der Waals surface area contributed by atoms with Crippen LogP contribution in [0.5, 0.6) is 0 Å². The first-order valence-corrected chi connectivity index (χ1v) is 9.91. The zero-order chi connectivity index (χ0) is 17.9. The number of fused-ring (bicyclic) bond motifs is 1. The molecular weight excluding hydrogens is 352 g/mol. The predicted molar refractivity (Wildman–Crippen MR) is 98.4 cm³/mol. The van der Waals surface area contributed by atoms with E-state index in [-0.39, 0.29) is 11.8 Å². The Morgan fingerprint density at radius 1 is 1.23 bits per heavy atom. The van der Waals surface area contributed by atoms with E-state index in [1.807, 2.05) is 6.07 Å². The normalized spacial score (nSPS) is 19.2. The van der Waals surface area contributed by atoms with Crippen LogP contribution in [-0.4, -0.2) is 24.5 Å². The summed E-state index contributed by atoms with van der Waals surface area (Å²) in [6, 6.07) is 3.62. The SMILES string of the molecule is O=C(NCc1ccco1)c1c(NC(=O)[C@H]2CCCO2)sc2c1CCCC2. The smallest absolute Gasteiger partial charge is 0.254 e. The summed E-state index contributed by atoms with van der Waals surface area (Å²) >= 11 is 1.53. The Hall–Kier alpha value is -2.12. The molecule has 0 saturated carbocycles.